The molecular weight excluding hydrogens is 360 g/mol. The van der Waals surface area contributed by atoms with Crippen molar-refractivity contribution in [3.63, 3.8) is 0 Å². The molecule has 0 aliphatic heterocycles. The fourth-order valence-corrected chi connectivity index (χ4v) is 2.83. The molecule has 150 valence electrons. The van der Waals surface area contributed by atoms with E-state index in [4.69, 9.17) is 9.47 Å². The molecule has 1 aromatic carbocycles. The molecule has 0 spiro atoms. The zero-order valence-electron chi connectivity index (χ0n) is 16.9. The number of hydrogen-bond donors (Lipinski definition) is 1. The van der Waals surface area contributed by atoms with Crippen LogP contribution in [0.15, 0.2) is 24.3 Å². The fourth-order valence-electron chi connectivity index (χ4n) is 2.83. The van der Waals surface area contributed by atoms with Crippen molar-refractivity contribution in [3.8, 4) is 0 Å². The Hall–Kier alpha value is -3.09. The van der Waals surface area contributed by atoms with Gasteiger partial charge in [-0.05, 0) is 38.8 Å². The standard InChI is InChI=1S/C21H26N2O5/c1-6-27-21(26)19-14(3)18(15(4)22-19)20(25)28-12-17(24)23(5)11-16-9-7-13(2)8-10-16/h7-10,22H,6,11-12H2,1-5H3. The Balaban J connectivity index is 1.98. The highest BCUT2D eigenvalue weighted by molar-refractivity contribution is 5.99. The van der Waals surface area contributed by atoms with Crippen LogP contribution in [-0.4, -0.2) is 48.0 Å². The maximum absolute atomic E-state index is 12.4. The summed E-state index contributed by atoms with van der Waals surface area (Å²) in [6.07, 6.45) is 0. The molecule has 0 bridgehead atoms. The van der Waals surface area contributed by atoms with Crippen molar-refractivity contribution in [1.82, 2.24) is 9.88 Å². The molecule has 0 atom stereocenters. The Labute approximate surface area is 164 Å². The van der Waals surface area contributed by atoms with Gasteiger partial charge in [0.05, 0.1) is 12.2 Å². The van der Waals surface area contributed by atoms with Crippen LogP contribution in [0.3, 0.4) is 0 Å². The lowest BCUT2D eigenvalue weighted by Crippen LogP contribution is -2.31. The molecule has 0 saturated heterocycles. The van der Waals surface area contributed by atoms with E-state index in [9.17, 15) is 14.4 Å². The molecule has 0 fully saturated rings. The molecule has 7 heteroatoms. The van der Waals surface area contributed by atoms with Gasteiger partial charge in [-0.2, -0.15) is 0 Å². The average molecular weight is 386 g/mol. The van der Waals surface area contributed by atoms with Crippen molar-refractivity contribution in [1.29, 1.82) is 0 Å². The van der Waals surface area contributed by atoms with Crippen molar-refractivity contribution in [2.24, 2.45) is 0 Å². The van der Waals surface area contributed by atoms with Crippen LogP contribution < -0.4 is 0 Å². The Morgan fingerprint density at radius 1 is 1.00 bits per heavy atom. The molecule has 28 heavy (non-hydrogen) atoms. The Morgan fingerprint density at radius 3 is 2.25 bits per heavy atom. The highest BCUT2D eigenvalue weighted by atomic mass is 16.5. The van der Waals surface area contributed by atoms with Gasteiger partial charge in [-0.3, -0.25) is 4.79 Å². The lowest BCUT2D eigenvalue weighted by atomic mass is 10.1. The number of amides is 1. The zero-order chi connectivity index (χ0) is 20.8. The highest BCUT2D eigenvalue weighted by Gasteiger charge is 2.24. The molecule has 1 amide bonds. The fraction of sp³-hybridized carbons (Fsp3) is 0.381. The van der Waals surface area contributed by atoms with E-state index in [1.807, 2.05) is 31.2 Å². The van der Waals surface area contributed by atoms with Crippen LogP contribution in [0, 0.1) is 20.8 Å². The number of carbonyl (C=O) groups excluding carboxylic acids is 3. The topological polar surface area (TPSA) is 88.7 Å². The zero-order valence-corrected chi connectivity index (χ0v) is 16.9. The third kappa shape index (κ3) is 5.00. The summed E-state index contributed by atoms with van der Waals surface area (Å²) in [5.41, 5.74) is 3.54. The quantitative estimate of drug-likeness (QED) is 0.739. The van der Waals surface area contributed by atoms with Gasteiger partial charge in [0.15, 0.2) is 6.61 Å². The predicted molar refractivity (Wildman–Crippen MR) is 104 cm³/mol. The monoisotopic (exact) mass is 386 g/mol. The second-order valence-electron chi connectivity index (χ2n) is 6.66. The van der Waals surface area contributed by atoms with E-state index in [-0.39, 0.29) is 30.4 Å². The third-order valence-corrected chi connectivity index (χ3v) is 4.41. The summed E-state index contributed by atoms with van der Waals surface area (Å²) >= 11 is 0. The third-order valence-electron chi connectivity index (χ3n) is 4.41. The number of aryl methyl sites for hydroxylation is 2. The van der Waals surface area contributed by atoms with Gasteiger partial charge in [-0.25, -0.2) is 9.59 Å². The molecule has 2 rings (SSSR count). The molecule has 0 radical (unpaired) electrons. The first-order valence-electron chi connectivity index (χ1n) is 9.07. The van der Waals surface area contributed by atoms with Crippen LogP contribution in [0.4, 0.5) is 0 Å². The maximum atomic E-state index is 12.4. The van der Waals surface area contributed by atoms with E-state index in [0.717, 1.165) is 11.1 Å². The predicted octanol–water partition coefficient (Wildman–Crippen LogP) is 2.93. The van der Waals surface area contributed by atoms with E-state index in [0.29, 0.717) is 17.8 Å². The number of hydrogen-bond acceptors (Lipinski definition) is 5. The van der Waals surface area contributed by atoms with Gasteiger partial charge in [-0.1, -0.05) is 29.8 Å². The summed E-state index contributed by atoms with van der Waals surface area (Å²) < 4.78 is 10.1. The lowest BCUT2D eigenvalue weighted by molar-refractivity contribution is -0.133. The first-order chi connectivity index (χ1) is 13.2. The van der Waals surface area contributed by atoms with Crippen LogP contribution in [0.5, 0.6) is 0 Å². The molecule has 7 nitrogen and oxygen atoms in total. The van der Waals surface area contributed by atoms with Gasteiger partial charge in [-0.15, -0.1) is 0 Å². The maximum Gasteiger partial charge on any atom is 0.355 e. The molecule has 1 N–H and O–H groups in total. The number of aromatic amines is 1. The van der Waals surface area contributed by atoms with Crippen molar-refractivity contribution in [2.45, 2.75) is 34.2 Å². The number of nitrogens with zero attached hydrogens (tertiary/aromatic N) is 1. The molecule has 0 saturated carbocycles. The van der Waals surface area contributed by atoms with Gasteiger partial charge >= 0.3 is 11.9 Å². The van der Waals surface area contributed by atoms with Gasteiger partial charge in [0.25, 0.3) is 5.91 Å². The number of aromatic nitrogens is 1. The molecule has 1 aromatic heterocycles. The molecule has 1 heterocycles. The number of rotatable bonds is 7. The average Bonchev–Trinajstić information content (AvgIpc) is 2.96. The molecular formula is C21H26N2O5. The van der Waals surface area contributed by atoms with Crippen LogP contribution in [0.25, 0.3) is 0 Å². The minimum Gasteiger partial charge on any atom is -0.461 e. The number of benzene rings is 1. The van der Waals surface area contributed by atoms with Crippen molar-refractivity contribution < 1.29 is 23.9 Å². The number of likely N-dealkylation sites (N-methyl/N-ethyl adjacent to an activating group) is 1. The summed E-state index contributed by atoms with van der Waals surface area (Å²) in [4.78, 5) is 41.0. The number of nitrogens with one attached hydrogen (secondary N) is 1. The first-order valence-corrected chi connectivity index (χ1v) is 9.07. The van der Waals surface area contributed by atoms with Crippen molar-refractivity contribution in [3.05, 3.63) is 57.9 Å². The Kier molecular flexibility index (Phi) is 6.98. The van der Waals surface area contributed by atoms with Crippen molar-refractivity contribution >= 4 is 17.8 Å². The van der Waals surface area contributed by atoms with Crippen LogP contribution in [0.1, 0.15) is 50.2 Å². The summed E-state index contributed by atoms with van der Waals surface area (Å²) in [7, 11) is 1.65. The SMILES string of the molecule is CCOC(=O)c1[nH]c(C)c(C(=O)OCC(=O)N(C)Cc2ccc(C)cc2)c1C. The molecule has 2 aromatic rings. The smallest absolute Gasteiger partial charge is 0.355 e. The van der Waals surface area contributed by atoms with Crippen LogP contribution in [-0.2, 0) is 20.8 Å². The minimum atomic E-state index is -0.654. The van der Waals surface area contributed by atoms with Gasteiger partial charge in [0, 0.05) is 19.3 Å². The van der Waals surface area contributed by atoms with E-state index in [1.165, 1.54) is 4.90 Å². The highest BCUT2D eigenvalue weighted by Crippen LogP contribution is 2.20. The first kappa shape index (κ1) is 21.2. The second-order valence-corrected chi connectivity index (χ2v) is 6.66. The second kappa shape index (κ2) is 9.21. The van der Waals surface area contributed by atoms with E-state index in [1.54, 1.807) is 27.8 Å². The molecule has 0 aliphatic rings. The minimum absolute atomic E-state index is 0.217. The number of ether oxygens (including phenoxy) is 2. The van der Waals surface area contributed by atoms with Gasteiger partial charge in [0.2, 0.25) is 0 Å². The van der Waals surface area contributed by atoms with E-state index < -0.39 is 11.9 Å². The number of esters is 2. The number of H-pyrrole nitrogens is 1. The lowest BCUT2D eigenvalue weighted by Gasteiger charge is -2.17. The largest absolute Gasteiger partial charge is 0.461 e. The van der Waals surface area contributed by atoms with E-state index >= 15 is 0 Å². The van der Waals surface area contributed by atoms with Crippen LogP contribution >= 0.6 is 0 Å². The Morgan fingerprint density at radius 2 is 1.64 bits per heavy atom. The van der Waals surface area contributed by atoms with Crippen LogP contribution in [0.2, 0.25) is 0 Å². The van der Waals surface area contributed by atoms with Gasteiger partial charge in [0.1, 0.15) is 5.69 Å². The van der Waals surface area contributed by atoms with E-state index in [2.05, 4.69) is 4.98 Å². The normalized spacial score (nSPS) is 10.5. The summed E-state index contributed by atoms with van der Waals surface area (Å²) in [5, 5.41) is 0. The molecule has 0 aliphatic carbocycles. The van der Waals surface area contributed by atoms with Crippen molar-refractivity contribution in [2.75, 3.05) is 20.3 Å². The Bertz CT molecular complexity index is 868. The number of carbonyl (C=O) groups is 3. The molecule has 0 unspecified atom stereocenters. The summed E-state index contributed by atoms with van der Waals surface area (Å²) in [6.45, 7) is 7.28. The summed E-state index contributed by atoms with van der Waals surface area (Å²) in [5.74, 6) is -1.50. The summed E-state index contributed by atoms with van der Waals surface area (Å²) in [6, 6.07) is 7.86. The van der Waals surface area contributed by atoms with Gasteiger partial charge < -0.3 is 19.4 Å².